The normalized spacial score (nSPS) is 19.7. The van der Waals surface area contributed by atoms with E-state index in [0.29, 0.717) is 18.8 Å². The molecule has 2 aliphatic heterocycles. The van der Waals surface area contributed by atoms with Crippen LogP contribution in [0.5, 0.6) is 5.75 Å². The molecule has 240 valence electrons. The van der Waals surface area contributed by atoms with Gasteiger partial charge in [0.15, 0.2) is 6.10 Å². The number of aliphatic hydroxyl groups excluding tert-OH is 1. The number of carbonyl (C=O) groups excluding carboxylic acids is 2. The van der Waals surface area contributed by atoms with Crippen LogP contribution in [0, 0.1) is 5.82 Å². The standard InChI is InChI=1S/C32H36FN3O8S/c1-42-25-12-6-14-27(18-25)45(40,41)35(19-26-13-7-15-43-26)20-29(37)28(16-22-8-3-2-4-9-22)34-31(38)30-21-36(32(39)44-30)24-11-5-10-23(33)17-24/h2-6,8-12,14,17-18,26,28-30,37H,7,13,15-16,19-21H2,1H3,(H,34,38)/t26-,28-,29+,30-/m0/s1. The zero-order valence-corrected chi connectivity index (χ0v) is 25.6. The fraction of sp³-hybridized carbons (Fsp3) is 0.375. The third-order valence-corrected chi connectivity index (χ3v) is 9.64. The first-order valence-corrected chi connectivity index (χ1v) is 16.1. The minimum Gasteiger partial charge on any atom is -0.497 e. The van der Waals surface area contributed by atoms with Gasteiger partial charge in [0.1, 0.15) is 11.6 Å². The monoisotopic (exact) mass is 641 g/mol. The summed E-state index contributed by atoms with van der Waals surface area (Å²) in [5.74, 6) is -0.861. The predicted molar refractivity (Wildman–Crippen MR) is 163 cm³/mol. The number of ether oxygens (including phenoxy) is 3. The second-order valence-corrected chi connectivity index (χ2v) is 12.9. The molecule has 5 rings (SSSR count). The second kappa shape index (κ2) is 14.4. The smallest absolute Gasteiger partial charge is 0.415 e. The number of nitrogens with one attached hydrogen (secondary N) is 1. The summed E-state index contributed by atoms with van der Waals surface area (Å²) in [6, 6.07) is 19.6. The largest absolute Gasteiger partial charge is 0.497 e. The zero-order valence-electron chi connectivity index (χ0n) is 24.8. The summed E-state index contributed by atoms with van der Waals surface area (Å²) >= 11 is 0. The molecule has 3 aromatic carbocycles. The summed E-state index contributed by atoms with van der Waals surface area (Å²) < 4.78 is 59.0. The molecule has 0 spiro atoms. The maximum atomic E-state index is 13.9. The van der Waals surface area contributed by atoms with Gasteiger partial charge in [-0.3, -0.25) is 9.69 Å². The highest BCUT2D eigenvalue weighted by atomic mass is 32.2. The van der Waals surface area contributed by atoms with Crippen molar-refractivity contribution in [2.75, 3.05) is 38.3 Å². The maximum Gasteiger partial charge on any atom is 0.415 e. The Morgan fingerprint density at radius 2 is 1.91 bits per heavy atom. The van der Waals surface area contributed by atoms with E-state index >= 15 is 0 Å². The molecule has 0 radical (unpaired) electrons. The molecule has 2 amide bonds. The highest BCUT2D eigenvalue weighted by Crippen LogP contribution is 2.25. The van der Waals surface area contributed by atoms with Crippen LogP contribution < -0.4 is 15.0 Å². The number of sulfonamides is 1. The molecule has 2 heterocycles. The van der Waals surface area contributed by atoms with Crippen molar-refractivity contribution < 1.29 is 41.7 Å². The van der Waals surface area contributed by atoms with E-state index in [0.717, 1.165) is 23.0 Å². The number of hydrogen-bond acceptors (Lipinski definition) is 8. The Hall–Kier alpha value is -4.04. The molecule has 11 nitrogen and oxygen atoms in total. The Balaban J connectivity index is 1.37. The summed E-state index contributed by atoms with van der Waals surface area (Å²) in [5, 5.41) is 14.4. The number of rotatable bonds is 13. The Morgan fingerprint density at radius 3 is 2.62 bits per heavy atom. The first-order chi connectivity index (χ1) is 21.6. The average Bonchev–Trinajstić information content (AvgIpc) is 3.70. The van der Waals surface area contributed by atoms with E-state index in [4.69, 9.17) is 14.2 Å². The van der Waals surface area contributed by atoms with Crippen LogP contribution in [0.1, 0.15) is 18.4 Å². The van der Waals surface area contributed by atoms with E-state index in [-0.39, 0.29) is 42.7 Å². The van der Waals surface area contributed by atoms with Gasteiger partial charge in [-0.05, 0) is 55.2 Å². The van der Waals surface area contributed by atoms with Crippen molar-refractivity contribution in [2.45, 2.75) is 48.5 Å². The van der Waals surface area contributed by atoms with Gasteiger partial charge in [0.25, 0.3) is 5.91 Å². The third-order valence-electron chi connectivity index (χ3n) is 7.82. The lowest BCUT2D eigenvalue weighted by atomic mass is 10.0. The molecule has 0 aliphatic carbocycles. The van der Waals surface area contributed by atoms with E-state index < -0.39 is 46.1 Å². The fourth-order valence-corrected chi connectivity index (χ4v) is 6.94. The predicted octanol–water partition coefficient (Wildman–Crippen LogP) is 3.12. The summed E-state index contributed by atoms with van der Waals surface area (Å²) in [6.07, 6.45) is -2.16. The molecule has 13 heteroatoms. The van der Waals surface area contributed by atoms with E-state index in [2.05, 4.69) is 5.32 Å². The first kappa shape index (κ1) is 32.4. The van der Waals surface area contributed by atoms with E-state index in [1.165, 1.54) is 41.7 Å². The molecule has 2 fully saturated rings. The molecule has 0 aromatic heterocycles. The number of aliphatic hydroxyl groups is 1. The zero-order chi connectivity index (χ0) is 32.0. The van der Waals surface area contributed by atoms with Gasteiger partial charge in [-0.1, -0.05) is 42.5 Å². The molecule has 2 aliphatic rings. The average molecular weight is 642 g/mol. The van der Waals surface area contributed by atoms with Gasteiger partial charge in [0, 0.05) is 25.8 Å². The van der Waals surface area contributed by atoms with Crippen LogP contribution in [0.2, 0.25) is 0 Å². The number of hydrogen-bond donors (Lipinski definition) is 2. The minimum atomic E-state index is -4.12. The summed E-state index contributed by atoms with van der Waals surface area (Å²) in [4.78, 5) is 27.1. The van der Waals surface area contributed by atoms with Crippen LogP contribution in [0.25, 0.3) is 0 Å². The van der Waals surface area contributed by atoms with Crippen molar-refractivity contribution in [3.05, 3.63) is 90.2 Å². The lowest BCUT2D eigenvalue weighted by molar-refractivity contribution is -0.129. The molecular formula is C32H36FN3O8S. The second-order valence-electron chi connectivity index (χ2n) is 11.0. The van der Waals surface area contributed by atoms with Gasteiger partial charge in [-0.2, -0.15) is 4.31 Å². The Morgan fingerprint density at radius 1 is 1.13 bits per heavy atom. The van der Waals surface area contributed by atoms with Crippen LogP contribution in [-0.2, 0) is 30.7 Å². The van der Waals surface area contributed by atoms with Gasteiger partial charge >= 0.3 is 6.09 Å². The molecule has 4 atom stereocenters. The molecule has 0 bridgehead atoms. The van der Waals surface area contributed by atoms with Crippen LogP contribution in [0.3, 0.4) is 0 Å². The Labute approximate surface area is 261 Å². The molecule has 2 N–H and O–H groups in total. The van der Waals surface area contributed by atoms with E-state index in [1.807, 2.05) is 30.3 Å². The van der Waals surface area contributed by atoms with Crippen molar-refractivity contribution >= 4 is 27.7 Å². The number of anilines is 1. The summed E-state index contributed by atoms with van der Waals surface area (Å²) in [7, 11) is -2.68. The SMILES string of the molecule is COc1cccc(S(=O)(=O)N(C[C@@H]2CCCO2)C[C@@H](O)[C@H](Cc2ccccc2)NC(=O)[C@@H]2CN(c3cccc(F)c3)C(=O)O2)c1. The maximum absolute atomic E-state index is 13.9. The molecule has 0 unspecified atom stereocenters. The lowest BCUT2D eigenvalue weighted by Crippen LogP contribution is -2.53. The van der Waals surface area contributed by atoms with Crippen LogP contribution in [0.15, 0.2) is 83.8 Å². The minimum absolute atomic E-state index is 0.00540. The summed E-state index contributed by atoms with van der Waals surface area (Å²) in [6.45, 7) is -0.000162. The van der Waals surface area contributed by atoms with Crippen LogP contribution in [-0.4, -0.2) is 87.5 Å². The number of halogens is 1. The number of benzene rings is 3. The van der Waals surface area contributed by atoms with Gasteiger partial charge in [-0.15, -0.1) is 0 Å². The molecule has 2 saturated heterocycles. The van der Waals surface area contributed by atoms with E-state index in [9.17, 15) is 27.5 Å². The third kappa shape index (κ3) is 7.98. The van der Waals surface area contributed by atoms with Crippen LogP contribution in [0.4, 0.5) is 14.9 Å². The topological polar surface area (TPSA) is 135 Å². The van der Waals surface area contributed by atoms with Gasteiger partial charge in [-0.25, -0.2) is 17.6 Å². The number of cyclic esters (lactones) is 1. The van der Waals surface area contributed by atoms with Gasteiger partial charge < -0.3 is 24.6 Å². The Kier molecular flexibility index (Phi) is 10.3. The highest BCUT2D eigenvalue weighted by Gasteiger charge is 2.39. The number of methoxy groups -OCH3 is 1. The van der Waals surface area contributed by atoms with Gasteiger partial charge in [0.2, 0.25) is 10.0 Å². The highest BCUT2D eigenvalue weighted by molar-refractivity contribution is 7.89. The first-order valence-electron chi connectivity index (χ1n) is 14.7. The number of carbonyl (C=O) groups is 2. The lowest BCUT2D eigenvalue weighted by Gasteiger charge is -2.31. The molecule has 0 saturated carbocycles. The summed E-state index contributed by atoms with van der Waals surface area (Å²) in [5.41, 5.74) is 1.02. The van der Waals surface area contributed by atoms with Crippen molar-refractivity contribution in [1.29, 1.82) is 0 Å². The molecule has 3 aromatic rings. The van der Waals surface area contributed by atoms with Crippen molar-refractivity contribution in [2.24, 2.45) is 0 Å². The van der Waals surface area contributed by atoms with Crippen molar-refractivity contribution in [3.8, 4) is 5.75 Å². The van der Waals surface area contributed by atoms with E-state index in [1.54, 1.807) is 12.1 Å². The number of nitrogens with zero attached hydrogens (tertiary/aromatic N) is 2. The molecular weight excluding hydrogens is 605 g/mol. The number of amides is 2. The van der Waals surface area contributed by atoms with Crippen LogP contribution >= 0.6 is 0 Å². The van der Waals surface area contributed by atoms with Gasteiger partial charge in [0.05, 0.1) is 42.5 Å². The van der Waals surface area contributed by atoms with Crippen molar-refractivity contribution in [3.63, 3.8) is 0 Å². The Bertz CT molecular complexity index is 1590. The fourth-order valence-electron chi connectivity index (χ4n) is 5.41. The quantitative estimate of drug-likeness (QED) is 0.291. The molecule has 45 heavy (non-hydrogen) atoms. The van der Waals surface area contributed by atoms with Crippen molar-refractivity contribution in [1.82, 2.24) is 9.62 Å².